The van der Waals surface area contributed by atoms with Crippen molar-refractivity contribution in [1.82, 2.24) is 15.2 Å². The summed E-state index contributed by atoms with van der Waals surface area (Å²) in [7, 11) is 0. The van der Waals surface area contributed by atoms with E-state index in [1.165, 1.54) is 0 Å². The van der Waals surface area contributed by atoms with Gasteiger partial charge in [0.25, 0.3) is 0 Å². The van der Waals surface area contributed by atoms with Crippen LogP contribution in [0, 0.1) is 0 Å². The van der Waals surface area contributed by atoms with Crippen LogP contribution in [0.2, 0.25) is 5.02 Å². The maximum Gasteiger partial charge on any atom is 0.162 e. The second-order valence-corrected chi connectivity index (χ2v) is 3.73. The Bertz CT molecular complexity index is 470. The normalized spacial score (nSPS) is 10.4. The third-order valence-corrected chi connectivity index (χ3v) is 2.30. The van der Waals surface area contributed by atoms with Crippen molar-refractivity contribution in [2.75, 3.05) is 0 Å². The average Bonchev–Trinajstić information content (AvgIpc) is 2.74. The molecular formula is C11H12ClN3O. The third kappa shape index (κ3) is 2.73. The van der Waals surface area contributed by atoms with Gasteiger partial charge in [-0.3, -0.25) is 5.10 Å². The van der Waals surface area contributed by atoms with Crippen LogP contribution in [0.25, 0.3) is 0 Å². The Balaban J connectivity index is 1.96. The van der Waals surface area contributed by atoms with Gasteiger partial charge in [0.1, 0.15) is 12.4 Å². The van der Waals surface area contributed by atoms with Crippen LogP contribution in [-0.4, -0.2) is 15.2 Å². The lowest BCUT2D eigenvalue weighted by atomic mass is 10.3. The molecule has 2 aromatic rings. The summed E-state index contributed by atoms with van der Waals surface area (Å²) in [6, 6.07) is 7.26. The summed E-state index contributed by atoms with van der Waals surface area (Å²) in [5.74, 6) is 2.24. The number of rotatable bonds is 4. The number of benzene rings is 1. The van der Waals surface area contributed by atoms with Crippen molar-refractivity contribution in [2.24, 2.45) is 0 Å². The molecule has 1 N–H and O–H groups in total. The maximum atomic E-state index is 5.84. The first-order valence-corrected chi connectivity index (χ1v) is 5.44. The minimum Gasteiger partial charge on any atom is -0.486 e. The summed E-state index contributed by atoms with van der Waals surface area (Å²) >= 11 is 5.84. The molecule has 0 aliphatic heterocycles. The summed E-state index contributed by atoms with van der Waals surface area (Å²) < 4.78 is 5.51. The minimum absolute atomic E-state index is 0.368. The van der Waals surface area contributed by atoms with Crippen LogP contribution in [0.1, 0.15) is 18.6 Å². The Hall–Kier alpha value is -1.55. The van der Waals surface area contributed by atoms with E-state index in [0.717, 1.165) is 23.8 Å². The van der Waals surface area contributed by atoms with E-state index < -0.39 is 0 Å². The molecule has 0 bridgehead atoms. The van der Waals surface area contributed by atoms with Gasteiger partial charge in [0, 0.05) is 11.4 Å². The number of aryl methyl sites for hydroxylation is 1. The van der Waals surface area contributed by atoms with Crippen LogP contribution < -0.4 is 4.74 Å². The minimum atomic E-state index is 0.368. The Morgan fingerprint density at radius 3 is 3.00 bits per heavy atom. The molecule has 0 spiro atoms. The fourth-order valence-corrected chi connectivity index (χ4v) is 1.45. The van der Waals surface area contributed by atoms with Gasteiger partial charge >= 0.3 is 0 Å². The summed E-state index contributed by atoms with van der Waals surface area (Å²) in [6.45, 7) is 2.37. The van der Waals surface area contributed by atoms with E-state index in [1.807, 2.05) is 19.1 Å². The number of H-pyrrole nitrogens is 1. The van der Waals surface area contributed by atoms with Gasteiger partial charge in [-0.25, -0.2) is 4.98 Å². The molecule has 1 aromatic heterocycles. The molecule has 84 valence electrons. The van der Waals surface area contributed by atoms with Gasteiger partial charge in [-0.15, -0.1) is 0 Å². The Labute approximate surface area is 98.6 Å². The zero-order valence-corrected chi connectivity index (χ0v) is 9.66. The summed E-state index contributed by atoms with van der Waals surface area (Å²) in [4.78, 5) is 4.24. The average molecular weight is 238 g/mol. The molecule has 16 heavy (non-hydrogen) atoms. The van der Waals surface area contributed by atoms with E-state index in [0.29, 0.717) is 11.6 Å². The molecule has 0 aliphatic carbocycles. The zero-order valence-electron chi connectivity index (χ0n) is 8.90. The molecule has 4 nitrogen and oxygen atoms in total. The fraction of sp³-hybridized carbons (Fsp3) is 0.273. The van der Waals surface area contributed by atoms with Crippen molar-refractivity contribution in [1.29, 1.82) is 0 Å². The number of hydrogen-bond acceptors (Lipinski definition) is 3. The van der Waals surface area contributed by atoms with E-state index >= 15 is 0 Å². The molecule has 1 aromatic carbocycles. The van der Waals surface area contributed by atoms with Gasteiger partial charge in [0.2, 0.25) is 0 Å². The Morgan fingerprint density at radius 1 is 1.44 bits per heavy atom. The van der Waals surface area contributed by atoms with Crippen molar-refractivity contribution in [3.8, 4) is 5.75 Å². The summed E-state index contributed by atoms with van der Waals surface area (Å²) in [5.41, 5.74) is 0. The number of nitrogens with one attached hydrogen (secondary N) is 1. The highest BCUT2D eigenvalue weighted by Crippen LogP contribution is 2.17. The van der Waals surface area contributed by atoms with Crippen molar-refractivity contribution >= 4 is 11.6 Å². The second kappa shape index (κ2) is 4.99. The van der Waals surface area contributed by atoms with E-state index in [4.69, 9.17) is 16.3 Å². The zero-order chi connectivity index (χ0) is 11.4. The van der Waals surface area contributed by atoms with Gasteiger partial charge < -0.3 is 4.74 Å². The molecule has 0 atom stereocenters. The first kappa shape index (κ1) is 11.0. The van der Waals surface area contributed by atoms with Gasteiger partial charge in [-0.2, -0.15) is 5.10 Å². The van der Waals surface area contributed by atoms with Gasteiger partial charge in [0.05, 0.1) is 0 Å². The van der Waals surface area contributed by atoms with Gasteiger partial charge in [-0.05, 0) is 18.2 Å². The van der Waals surface area contributed by atoms with Crippen LogP contribution in [0.15, 0.2) is 24.3 Å². The fourth-order valence-electron chi connectivity index (χ4n) is 1.27. The lowest BCUT2D eigenvalue weighted by Crippen LogP contribution is -1.97. The van der Waals surface area contributed by atoms with Gasteiger partial charge in [0.15, 0.2) is 11.6 Å². The topological polar surface area (TPSA) is 50.8 Å². The van der Waals surface area contributed by atoms with E-state index in [2.05, 4.69) is 15.2 Å². The predicted molar refractivity (Wildman–Crippen MR) is 61.5 cm³/mol. The monoisotopic (exact) mass is 237 g/mol. The highest BCUT2D eigenvalue weighted by Gasteiger charge is 2.02. The molecule has 0 radical (unpaired) electrons. The highest BCUT2D eigenvalue weighted by atomic mass is 35.5. The molecule has 0 aliphatic rings. The number of hydrogen-bond donors (Lipinski definition) is 1. The molecule has 0 unspecified atom stereocenters. The van der Waals surface area contributed by atoms with Crippen LogP contribution in [0.5, 0.6) is 5.75 Å². The smallest absolute Gasteiger partial charge is 0.162 e. The first-order chi connectivity index (χ1) is 7.78. The molecule has 0 saturated carbocycles. The standard InChI is InChI=1S/C11H12ClN3O/c1-2-10-13-11(15-14-10)7-16-9-5-3-4-8(12)6-9/h3-6H,2,7H2,1H3,(H,13,14,15). The number of ether oxygens (including phenoxy) is 1. The molecule has 0 fully saturated rings. The van der Waals surface area contributed by atoms with Crippen molar-refractivity contribution in [3.63, 3.8) is 0 Å². The molecule has 5 heteroatoms. The lowest BCUT2D eigenvalue weighted by molar-refractivity contribution is 0.296. The number of halogens is 1. The highest BCUT2D eigenvalue weighted by molar-refractivity contribution is 6.30. The van der Waals surface area contributed by atoms with Crippen molar-refractivity contribution in [3.05, 3.63) is 40.9 Å². The molecule has 1 heterocycles. The second-order valence-electron chi connectivity index (χ2n) is 3.30. The van der Waals surface area contributed by atoms with Crippen molar-refractivity contribution < 1.29 is 4.74 Å². The van der Waals surface area contributed by atoms with Crippen LogP contribution in [0.4, 0.5) is 0 Å². The molecule has 0 saturated heterocycles. The van der Waals surface area contributed by atoms with Crippen LogP contribution in [-0.2, 0) is 13.0 Å². The maximum absolute atomic E-state index is 5.84. The van der Waals surface area contributed by atoms with E-state index in [1.54, 1.807) is 12.1 Å². The summed E-state index contributed by atoms with van der Waals surface area (Å²) in [6.07, 6.45) is 0.813. The lowest BCUT2D eigenvalue weighted by Gasteiger charge is -2.03. The van der Waals surface area contributed by atoms with Crippen molar-refractivity contribution in [2.45, 2.75) is 20.0 Å². The quantitative estimate of drug-likeness (QED) is 0.889. The number of aromatic nitrogens is 3. The SMILES string of the molecule is CCc1n[nH]c(COc2cccc(Cl)c2)n1. The first-order valence-electron chi connectivity index (χ1n) is 5.06. The number of nitrogens with zero attached hydrogens (tertiary/aromatic N) is 2. The van der Waals surface area contributed by atoms with Crippen LogP contribution >= 0.6 is 11.6 Å². The van der Waals surface area contributed by atoms with Crippen LogP contribution in [0.3, 0.4) is 0 Å². The molecule has 2 rings (SSSR count). The summed E-state index contributed by atoms with van der Waals surface area (Å²) in [5, 5.41) is 7.50. The van der Waals surface area contributed by atoms with E-state index in [-0.39, 0.29) is 0 Å². The largest absolute Gasteiger partial charge is 0.486 e. The Kier molecular flexibility index (Phi) is 3.41. The molecule has 0 amide bonds. The third-order valence-electron chi connectivity index (χ3n) is 2.07. The van der Waals surface area contributed by atoms with E-state index in [9.17, 15) is 0 Å². The number of aromatic amines is 1. The predicted octanol–water partition coefficient (Wildman–Crippen LogP) is 2.60. The van der Waals surface area contributed by atoms with Gasteiger partial charge in [-0.1, -0.05) is 24.6 Å². The Morgan fingerprint density at radius 2 is 2.31 bits per heavy atom. The molecular weight excluding hydrogens is 226 g/mol.